The maximum Gasteiger partial charge on any atom is 0.150 e. The van der Waals surface area contributed by atoms with Crippen molar-refractivity contribution >= 4 is 22.6 Å². The highest BCUT2D eigenvalue weighted by Crippen LogP contribution is 2.28. The first-order chi connectivity index (χ1) is 10.7. The molecule has 1 aromatic heterocycles. The smallest absolute Gasteiger partial charge is 0.150 e. The van der Waals surface area contributed by atoms with Crippen molar-refractivity contribution < 1.29 is 9.62 Å². The zero-order chi connectivity index (χ0) is 15.5. The van der Waals surface area contributed by atoms with Crippen molar-refractivity contribution in [3.63, 3.8) is 0 Å². The highest BCUT2D eigenvalue weighted by molar-refractivity contribution is 14.1. The Labute approximate surface area is 142 Å². The molecule has 3 nitrogen and oxygen atoms in total. The first-order valence-corrected chi connectivity index (χ1v) is 7.91. The van der Waals surface area contributed by atoms with Gasteiger partial charge in [0.05, 0.1) is 3.57 Å². The molecule has 3 rings (SSSR count). The normalized spacial score (nSPS) is 11.6. The van der Waals surface area contributed by atoms with Gasteiger partial charge in [-0.15, -0.1) is 0 Å². The largest absolute Gasteiger partial charge is 0.455 e. The van der Waals surface area contributed by atoms with Crippen LogP contribution >= 0.6 is 22.6 Å². The van der Waals surface area contributed by atoms with Crippen LogP contribution in [0.5, 0.6) is 0 Å². The molecule has 0 unspecified atom stereocenters. The van der Waals surface area contributed by atoms with Gasteiger partial charge in [0, 0.05) is 17.2 Å². The molecule has 22 heavy (non-hydrogen) atoms. The SMILES string of the molecule is Cc1ccc(-c2oc(-c3ccccc3)c/c(=N/O)c2I)cc1. The molecule has 2 aromatic carbocycles. The molecule has 0 saturated carbocycles. The van der Waals surface area contributed by atoms with Crippen LogP contribution in [0, 0.1) is 10.5 Å². The molecule has 0 fully saturated rings. The number of nitrogens with zero attached hydrogens (tertiary/aromatic N) is 1. The van der Waals surface area contributed by atoms with E-state index in [-0.39, 0.29) is 0 Å². The highest BCUT2D eigenvalue weighted by Gasteiger charge is 2.12. The summed E-state index contributed by atoms with van der Waals surface area (Å²) in [6.45, 7) is 2.04. The zero-order valence-electron chi connectivity index (χ0n) is 12.0. The monoisotopic (exact) mass is 403 g/mol. The maximum absolute atomic E-state index is 9.28. The van der Waals surface area contributed by atoms with E-state index in [1.807, 2.05) is 61.5 Å². The van der Waals surface area contributed by atoms with E-state index in [4.69, 9.17) is 4.42 Å². The van der Waals surface area contributed by atoms with Gasteiger partial charge in [-0.25, -0.2) is 0 Å². The predicted octanol–water partition coefficient (Wildman–Crippen LogP) is 4.82. The van der Waals surface area contributed by atoms with Crippen LogP contribution in [0.4, 0.5) is 0 Å². The van der Waals surface area contributed by atoms with Gasteiger partial charge in [-0.2, -0.15) is 0 Å². The Bertz CT molecular complexity index is 853. The molecule has 0 amide bonds. The van der Waals surface area contributed by atoms with E-state index in [0.29, 0.717) is 16.9 Å². The lowest BCUT2D eigenvalue weighted by molar-refractivity contribution is 0.300. The van der Waals surface area contributed by atoms with Crippen molar-refractivity contribution in [3.8, 4) is 22.6 Å². The quantitative estimate of drug-likeness (QED) is 0.379. The molecule has 0 aliphatic heterocycles. The van der Waals surface area contributed by atoms with Crippen molar-refractivity contribution in [1.82, 2.24) is 0 Å². The molecule has 4 heteroatoms. The summed E-state index contributed by atoms with van der Waals surface area (Å²) in [5.41, 5.74) is 3.08. The van der Waals surface area contributed by atoms with Crippen LogP contribution in [-0.2, 0) is 0 Å². The van der Waals surface area contributed by atoms with E-state index in [2.05, 4.69) is 27.7 Å². The van der Waals surface area contributed by atoms with Crippen molar-refractivity contribution in [2.75, 3.05) is 0 Å². The third-order valence-corrected chi connectivity index (χ3v) is 4.43. The average molecular weight is 403 g/mol. The average Bonchev–Trinajstić information content (AvgIpc) is 2.57. The summed E-state index contributed by atoms with van der Waals surface area (Å²) in [5.74, 6) is 1.37. The van der Waals surface area contributed by atoms with E-state index >= 15 is 0 Å². The van der Waals surface area contributed by atoms with E-state index in [0.717, 1.165) is 14.7 Å². The summed E-state index contributed by atoms with van der Waals surface area (Å²) in [7, 11) is 0. The second-order valence-corrected chi connectivity index (χ2v) is 6.05. The zero-order valence-corrected chi connectivity index (χ0v) is 14.1. The van der Waals surface area contributed by atoms with Crippen molar-refractivity contribution in [1.29, 1.82) is 0 Å². The number of aryl methyl sites for hydroxylation is 1. The van der Waals surface area contributed by atoms with E-state index in [1.165, 1.54) is 5.56 Å². The van der Waals surface area contributed by atoms with Crippen molar-refractivity contribution in [2.24, 2.45) is 5.16 Å². The van der Waals surface area contributed by atoms with Crippen LogP contribution < -0.4 is 5.36 Å². The molecule has 0 radical (unpaired) electrons. The molecule has 0 atom stereocenters. The maximum atomic E-state index is 9.28. The molecule has 1 heterocycles. The molecular formula is C18H14INO2. The second-order valence-electron chi connectivity index (χ2n) is 4.97. The van der Waals surface area contributed by atoms with Crippen LogP contribution in [-0.4, -0.2) is 5.21 Å². The minimum absolute atomic E-state index is 0.501. The third kappa shape index (κ3) is 2.92. The minimum Gasteiger partial charge on any atom is -0.455 e. The first kappa shape index (κ1) is 14.8. The fraction of sp³-hybridized carbons (Fsp3) is 0.0556. The number of benzene rings is 2. The van der Waals surface area contributed by atoms with Crippen LogP contribution in [0.3, 0.4) is 0 Å². The van der Waals surface area contributed by atoms with Crippen LogP contribution in [0.1, 0.15) is 5.56 Å². The van der Waals surface area contributed by atoms with E-state index in [9.17, 15) is 5.21 Å². The van der Waals surface area contributed by atoms with Crippen molar-refractivity contribution in [2.45, 2.75) is 6.92 Å². The van der Waals surface area contributed by atoms with Gasteiger partial charge in [0.2, 0.25) is 0 Å². The Hall–Kier alpha value is -2.08. The molecule has 3 aromatic rings. The molecule has 110 valence electrons. The van der Waals surface area contributed by atoms with Gasteiger partial charge in [-0.3, -0.25) is 0 Å². The molecule has 0 spiro atoms. The van der Waals surface area contributed by atoms with Crippen molar-refractivity contribution in [3.05, 3.63) is 75.2 Å². The van der Waals surface area contributed by atoms with E-state index < -0.39 is 0 Å². The summed E-state index contributed by atoms with van der Waals surface area (Å²) >= 11 is 2.14. The number of halogens is 1. The molecule has 0 aliphatic rings. The summed E-state index contributed by atoms with van der Waals surface area (Å²) in [5, 5.41) is 13.2. The Morgan fingerprint density at radius 1 is 0.955 bits per heavy atom. The lowest BCUT2D eigenvalue weighted by Crippen LogP contribution is -2.08. The standard InChI is InChI=1S/C18H14INO2/c1-12-7-9-14(10-8-12)18-17(19)15(20-21)11-16(22-18)13-5-3-2-4-6-13/h2-11,21H,1H3/b20-15-. The fourth-order valence-corrected chi connectivity index (χ4v) is 2.88. The first-order valence-electron chi connectivity index (χ1n) is 6.83. The van der Waals surface area contributed by atoms with Crippen LogP contribution in [0.2, 0.25) is 0 Å². The predicted molar refractivity (Wildman–Crippen MR) is 94.4 cm³/mol. The van der Waals surface area contributed by atoms with Gasteiger partial charge in [-0.1, -0.05) is 65.3 Å². The fourth-order valence-electron chi connectivity index (χ4n) is 2.20. The molecular weight excluding hydrogens is 389 g/mol. The lowest BCUT2D eigenvalue weighted by atomic mass is 10.1. The van der Waals surface area contributed by atoms with Gasteiger partial charge in [0.15, 0.2) is 0 Å². The Kier molecular flexibility index (Phi) is 4.29. The number of hydrogen-bond donors (Lipinski definition) is 1. The van der Waals surface area contributed by atoms with Gasteiger partial charge < -0.3 is 9.62 Å². The molecule has 1 N–H and O–H groups in total. The summed E-state index contributed by atoms with van der Waals surface area (Å²) in [6, 6.07) is 19.6. The van der Waals surface area contributed by atoms with Crippen LogP contribution in [0.15, 0.2) is 70.2 Å². The Morgan fingerprint density at radius 2 is 1.64 bits per heavy atom. The summed E-state index contributed by atoms with van der Waals surface area (Å²) in [4.78, 5) is 0. The van der Waals surface area contributed by atoms with E-state index in [1.54, 1.807) is 6.07 Å². The topological polar surface area (TPSA) is 45.7 Å². The third-order valence-electron chi connectivity index (χ3n) is 3.38. The van der Waals surface area contributed by atoms with Gasteiger partial charge >= 0.3 is 0 Å². The number of rotatable bonds is 2. The van der Waals surface area contributed by atoms with Gasteiger partial charge in [0.1, 0.15) is 16.9 Å². The minimum atomic E-state index is 0.501. The highest BCUT2D eigenvalue weighted by atomic mass is 127. The van der Waals surface area contributed by atoms with Gasteiger partial charge in [0.25, 0.3) is 0 Å². The molecule has 0 aliphatic carbocycles. The Morgan fingerprint density at radius 3 is 2.27 bits per heavy atom. The molecule has 0 saturated heterocycles. The summed E-state index contributed by atoms with van der Waals surface area (Å²) < 4.78 is 6.87. The second kappa shape index (κ2) is 6.36. The summed E-state index contributed by atoms with van der Waals surface area (Å²) in [6.07, 6.45) is 0. The lowest BCUT2D eigenvalue weighted by Gasteiger charge is -2.08. The van der Waals surface area contributed by atoms with Crippen LogP contribution in [0.25, 0.3) is 22.6 Å². The Balaban J connectivity index is 2.24. The van der Waals surface area contributed by atoms with Gasteiger partial charge in [-0.05, 0) is 29.5 Å². The number of hydrogen-bond acceptors (Lipinski definition) is 3. The molecule has 0 bridgehead atoms.